The van der Waals surface area contributed by atoms with Crippen molar-refractivity contribution in [2.45, 2.75) is 39.3 Å². The van der Waals surface area contributed by atoms with Crippen molar-refractivity contribution in [3.63, 3.8) is 0 Å². The lowest BCUT2D eigenvalue weighted by atomic mass is 9.97. The average Bonchev–Trinajstić information content (AvgIpc) is 2.26. The predicted molar refractivity (Wildman–Crippen MR) is 70.0 cm³/mol. The highest BCUT2D eigenvalue weighted by Crippen LogP contribution is 2.27. The molecule has 2 nitrogen and oxygen atoms in total. The number of anilines is 1. The highest BCUT2D eigenvalue weighted by molar-refractivity contribution is 5.55. The van der Waals surface area contributed by atoms with Gasteiger partial charge in [-0.05, 0) is 39.8 Å². The summed E-state index contributed by atoms with van der Waals surface area (Å²) in [5, 5.41) is 3.51. The molecule has 0 amide bonds. The quantitative estimate of drug-likeness (QED) is 0.806. The number of nitrogens with zero attached hydrogens (tertiary/aromatic N) is 1. The lowest BCUT2D eigenvalue weighted by Crippen LogP contribution is -2.61. The van der Waals surface area contributed by atoms with Crippen molar-refractivity contribution in [3.8, 4) is 0 Å². The molecule has 0 bridgehead atoms. The Bertz CT molecular complexity index is 415. The molecule has 1 unspecified atom stereocenters. The third-order valence-corrected chi connectivity index (χ3v) is 3.52. The molecule has 1 fully saturated rings. The largest absolute Gasteiger partial charge is 0.365 e. The van der Waals surface area contributed by atoms with E-state index < -0.39 is 0 Å². The first-order valence-corrected chi connectivity index (χ1v) is 6.17. The van der Waals surface area contributed by atoms with Gasteiger partial charge in [0, 0.05) is 35.9 Å². The van der Waals surface area contributed by atoms with Crippen molar-refractivity contribution in [1.82, 2.24) is 5.32 Å². The maximum atomic E-state index is 13.6. The van der Waals surface area contributed by atoms with Crippen LogP contribution in [0.4, 0.5) is 10.1 Å². The van der Waals surface area contributed by atoms with Crippen molar-refractivity contribution in [1.29, 1.82) is 0 Å². The molecule has 1 N–H and O–H groups in total. The van der Waals surface area contributed by atoms with Crippen molar-refractivity contribution < 1.29 is 4.39 Å². The average molecular weight is 236 g/mol. The Labute approximate surface area is 103 Å². The molecule has 1 aliphatic heterocycles. The summed E-state index contributed by atoms with van der Waals surface area (Å²) >= 11 is 0. The van der Waals surface area contributed by atoms with Crippen LogP contribution in [0.15, 0.2) is 18.2 Å². The first kappa shape index (κ1) is 12.4. The van der Waals surface area contributed by atoms with Crippen LogP contribution in [0.1, 0.15) is 26.3 Å². The molecule has 0 radical (unpaired) electrons. The van der Waals surface area contributed by atoms with E-state index in [1.165, 1.54) is 6.07 Å². The van der Waals surface area contributed by atoms with E-state index in [4.69, 9.17) is 0 Å². The lowest BCUT2D eigenvalue weighted by molar-refractivity contribution is 0.318. The van der Waals surface area contributed by atoms with Crippen LogP contribution in [0.3, 0.4) is 0 Å². The Morgan fingerprint density at radius 2 is 2.12 bits per heavy atom. The molecule has 0 saturated carbocycles. The van der Waals surface area contributed by atoms with Crippen molar-refractivity contribution in [2.75, 3.05) is 18.0 Å². The predicted octanol–water partition coefficient (Wildman–Crippen LogP) is 2.71. The van der Waals surface area contributed by atoms with Gasteiger partial charge in [0.25, 0.3) is 0 Å². The number of nitrogens with one attached hydrogen (secondary N) is 1. The first-order chi connectivity index (χ1) is 7.91. The zero-order chi connectivity index (χ0) is 12.6. The van der Waals surface area contributed by atoms with Crippen LogP contribution in [0.25, 0.3) is 0 Å². The summed E-state index contributed by atoms with van der Waals surface area (Å²) < 4.78 is 13.6. The van der Waals surface area contributed by atoms with Gasteiger partial charge >= 0.3 is 0 Å². The standard InChI is InChI=1S/C14H21FN2/c1-10-8-16-14(3,4)9-17(10)13-7-5-6-12(15)11(13)2/h5-7,10,16H,8-9H2,1-4H3. The molecule has 1 aliphatic rings. The summed E-state index contributed by atoms with van der Waals surface area (Å²) in [6.45, 7) is 10.2. The molecule has 1 aromatic carbocycles. The highest BCUT2D eigenvalue weighted by Gasteiger charge is 2.31. The van der Waals surface area contributed by atoms with Gasteiger partial charge in [0.1, 0.15) is 5.82 Å². The maximum Gasteiger partial charge on any atom is 0.128 e. The highest BCUT2D eigenvalue weighted by atomic mass is 19.1. The third-order valence-electron chi connectivity index (χ3n) is 3.52. The molecule has 0 aromatic heterocycles. The zero-order valence-electron chi connectivity index (χ0n) is 11.0. The van der Waals surface area contributed by atoms with Crippen molar-refractivity contribution >= 4 is 5.69 Å². The summed E-state index contributed by atoms with van der Waals surface area (Å²) in [7, 11) is 0. The second kappa shape index (κ2) is 4.30. The van der Waals surface area contributed by atoms with Crippen LogP contribution in [-0.2, 0) is 0 Å². The van der Waals surface area contributed by atoms with Gasteiger partial charge in [0.15, 0.2) is 0 Å². The Balaban J connectivity index is 2.34. The van der Waals surface area contributed by atoms with Gasteiger partial charge in [-0.25, -0.2) is 4.39 Å². The van der Waals surface area contributed by atoms with Gasteiger partial charge in [0.05, 0.1) is 0 Å². The van der Waals surface area contributed by atoms with E-state index in [-0.39, 0.29) is 11.4 Å². The summed E-state index contributed by atoms with van der Waals surface area (Å²) in [5.41, 5.74) is 1.84. The summed E-state index contributed by atoms with van der Waals surface area (Å²) in [6, 6.07) is 5.72. The molecule has 1 heterocycles. The lowest BCUT2D eigenvalue weighted by Gasteiger charge is -2.45. The summed E-state index contributed by atoms with van der Waals surface area (Å²) in [6.07, 6.45) is 0. The molecule has 2 rings (SSSR count). The molecular formula is C14H21FN2. The molecule has 0 spiro atoms. The second-order valence-corrected chi connectivity index (χ2v) is 5.63. The van der Waals surface area contributed by atoms with Crippen LogP contribution in [-0.4, -0.2) is 24.7 Å². The van der Waals surface area contributed by atoms with Crippen molar-refractivity contribution in [3.05, 3.63) is 29.6 Å². The molecule has 17 heavy (non-hydrogen) atoms. The van der Waals surface area contributed by atoms with Crippen LogP contribution < -0.4 is 10.2 Å². The smallest absolute Gasteiger partial charge is 0.128 e. The summed E-state index contributed by atoms with van der Waals surface area (Å²) in [5.74, 6) is -0.119. The van der Waals surface area contributed by atoms with E-state index in [2.05, 4.69) is 31.0 Å². The monoisotopic (exact) mass is 236 g/mol. The number of piperazine rings is 1. The zero-order valence-corrected chi connectivity index (χ0v) is 11.0. The van der Waals surface area contributed by atoms with Gasteiger partial charge in [-0.15, -0.1) is 0 Å². The van der Waals surface area contributed by atoms with Crippen molar-refractivity contribution in [2.24, 2.45) is 0 Å². The minimum atomic E-state index is -0.119. The molecule has 1 saturated heterocycles. The third kappa shape index (κ3) is 2.44. The normalized spacial score (nSPS) is 23.8. The Kier molecular flexibility index (Phi) is 3.13. The van der Waals surface area contributed by atoms with E-state index in [0.29, 0.717) is 6.04 Å². The van der Waals surface area contributed by atoms with Crippen LogP contribution in [0.5, 0.6) is 0 Å². The van der Waals surface area contributed by atoms with Crippen LogP contribution in [0.2, 0.25) is 0 Å². The van der Waals surface area contributed by atoms with E-state index in [0.717, 1.165) is 24.3 Å². The van der Waals surface area contributed by atoms with E-state index in [9.17, 15) is 4.39 Å². The fourth-order valence-electron chi connectivity index (χ4n) is 2.40. The number of hydrogen-bond acceptors (Lipinski definition) is 2. The van der Waals surface area contributed by atoms with Gasteiger partial charge < -0.3 is 10.2 Å². The number of halogens is 1. The van der Waals surface area contributed by atoms with Gasteiger partial charge in [-0.2, -0.15) is 0 Å². The Morgan fingerprint density at radius 3 is 2.82 bits per heavy atom. The molecule has 0 aliphatic carbocycles. The molecule has 1 aromatic rings. The molecule has 1 atom stereocenters. The SMILES string of the molecule is Cc1c(F)cccc1N1CC(C)(C)NCC1C. The molecule has 3 heteroatoms. The minimum absolute atomic E-state index is 0.0747. The number of rotatable bonds is 1. The minimum Gasteiger partial charge on any atom is -0.365 e. The maximum absolute atomic E-state index is 13.6. The molecular weight excluding hydrogens is 215 g/mol. The van der Waals surface area contributed by atoms with Gasteiger partial charge in [-0.1, -0.05) is 6.07 Å². The summed E-state index contributed by atoms with van der Waals surface area (Å²) in [4.78, 5) is 2.30. The fraction of sp³-hybridized carbons (Fsp3) is 0.571. The second-order valence-electron chi connectivity index (χ2n) is 5.63. The van der Waals surface area contributed by atoms with E-state index >= 15 is 0 Å². The van der Waals surface area contributed by atoms with E-state index in [1.54, 1.807) is 6.07 Å². The topological polar surface area (TPSA) is 15.3 Å². The molecule has 94 valence electrons. The fourth-order valence-corrected chi connectivity index (χ4v) is 2.40. The number of benzene rings is 1. The van der Waals surface area contributed by atoms with E-state index in [1.807, 2.05) is 13.0 Å². The first-order valence-electron chi connectivity index (χ1n) is 6.17. The van der Waals surface area contributed by atoms with Crippen LogP contribution >= 0.6 is 0 Å². The van der Waals surface area contributed by atoms with Crippen LogP contribution in [0, 0.1) is 12.7 Å². The Morgan fingerprint density at radius 1 is 1.41 bits per heavy atom. The van der Waals surface area contributed by atoms with Gasteiger partial charge in [-0.3, -0.25) is 0 Å². The van der Waals surface area contributed by atoms with Gasteiger partial charge in [0.2, 0.25) is 0 Å². The number of hydrogen-bond donors (Lipinski definition) is 1. The Hall–Kier alpha value is -1.09.